The molecule has 1 atom stereocenters. The second kappa shape index (κ2) is 9.01. The molecule has 0 aromatic carbocycles. The summed E-state index contributed by atoms with van der Waals surface area (Å²) >= 11 is 1.51. The van der Waals surface area contributed by atoms with Crippen molar-refractivity contribution in [3.05, 3.63) is 0 Å². The van der Waals surface area contributed by atoms with Gasteiger partial charge in [-0.1, -0.05) is 13.8 Å². The maximum absolute atomic E-state index is 12.4. The molecule has 0 aromatic heterocycles. The third kappa shape index (κ3) is 11.7. The van der Waals surface area contributed by atoms with Gasteiger partial charge in [-0.3, -0.25) is 4.79 Å². The number of alkyl halides is 1. The Hall–Kier alpha value is -0.250. The number of carbonyl (C=O) groups excluding carboxylic acids is 1. The van der Waals surface area contributed by atoms with Crippen molar-refractivity contribution in [2.45, 2.75) is 39.8 Å². The molecule has 0 aliphatic heterocycles. The van der Waals surface area contributed by atoms with E-state index in [1.165, 1.54) is 11.8 Å². The topological polar surface area (TPSA) is 26.3 Å². The highest BCUT2D eigenvalue weighted by molar-refractivity contribution is 7.99. The van der Waals surface area contributed by atoms with Gasteiger partial charge in [-0.05, 0) is 31.4 Å². The number of hydrogen-bond donors (Lipinski definition) is 0. The summed E-state index contributed by atoms with van der Waals surface area (Å²) in [5, 5.41) is 0. The van der Waals surface area contributed by atoms with Gasteiger partial charge >= 0.3 is 5.97 Å². The molecule has 0 spiro atoms. The van der Waals surface area contributed by atoms with Crippen LogP contribution in [0, 0.1) is 5.92 Å². The van der Waals surface area contributed by atoms with E-state index in [1.54, 1.807) is 6.92 Å². The van der Waals surface area contributed by atoms with Crippen LogP contribution in [0.25, 0.3) is 0 Å². The van der Waals surface area contributed by atoms with Gasteiger partial charge in [-0.25, -0.2) is 4.39 Å². The molecule has 0 aliphatic carbocycles. The van der Waals surface area contributed by atoms with Gasteiger partial charge in [-0.2, -0.15) is 11.8 Å². The van der Waals surface area contributed by atoms with Crippen LogP contribution in [-0.2, 0) is 9.53 Å². The van der Waals surface area contributed by atoms with Crippen molar-refractivity contribution in [2.75, 3.05) is 18.1 Å². The molecule has 0 amide bonds. The summed E-state index contributed by atoms with van der Waals surface area (Å²) in [6, 6.07) is 0. The zero-order valence-electron chi connectivity index (χ0n) is 9.79. The van der Waals surface area contributed by atoms with Gasteiger partial charge in [0.25, 0.3) is 0 Å². The zero-order valence-corrected chi connectivity index (χ0v) is 10.6. The minimum Gasteiger partial charge on any atom is -0.465 e. The van der Waals surface area contributed by atoms with Gasteiger partial charge < -0.3 is 4.74 Å². The summed E-state index contributed by atoms with van der Waals surface area (Å²) in [7, 11) is 0. The molecule has 4 heteroatoms. The molecule has 0 radical (unpaired) electrons. The average Bonchev–Trinajstić information content (AvgIpc) is 2.13. The molecule has 0 rings (SSSR count). The van der Waals surface area contributed by atoms with Crippen molar-refractivity contribution in [1.82, 2.24) is 0 Å². The molecule has 0 aliphatic rings. The van der Waals surface area contributed by atoms with E-state index in [2.05, 4.69) is 0 Å². The number of hydrogen-bond acceptors (Lipinski definition) is 3. The van der Waals surface area contributed by atoms with Crippen LogP contribution in [0.15, 0.2) is 0 Å². The lowest BCUT2D eigenvalue weighted by atomic mass is 10.2. The molecule has 0 bridgehead atoms. The molecule has 0 saturated carbocycles. The normalized spacial score (nSPS) is 12.9. The summed E-state index contributed by atoms with van der Waals surface area (Å²) < 4.78 is 17.4. The van der Waals surface area contributed by atoms with E-state index in [9.17, 15) is 9.18 Å². The van der Waals surface area contributed by atoms with E-state index < -0.39 is 6.17 Å². The third-order valence-electron chi connectivity index (χ3n) is 1.69. The van der Waals surface area contributed by atoms with E-state index >= 15 is 0 Å². The Kier molecular flexibility index (Phi) is 8.86. The Bertz CT molecular complexity index is 172. The fourth-order valence-electron chi connectivity index (χ4n) is 0.923. The highest BCUT2D eigenvalue weighted by Gasteiger charge is 2.04. The van der Waals surface area contributed by atoms with Crippen LogP contribution >= 0.6 is 11.8 Å². The largest absolute Gasteiger partial charge is 0.465 e. The molecule has 90 valence electrons. The van der Waals surface area contributed by atoms with Crippen molar-refractivity contribution in [3.8, 4) is 0 Å². The predicted octanol–water partition coefficient (Wildman–Crippen LogP) is 3.06. The SMILES string of the molecule is CC(C)COC(=O)CSCCCC(C)F. The van der Waals surface area contributed by atoms with Gasteiger partial charge in [0.05, 0.1) is 18.5 Å². The molecular weight excluding hydrogens is 215 g/mol. The highest BCUT2D eigenvalue weighted by atomic mass is 32.2. The first-order valence-corrected chi connectivity index (χ1v) is 6.55. The highest BCUT2D eigenvalue weighted by Crippen LogP contribution is 2.08. The van der Waals surface area contributed by atoms with Gasteiger partial charge in [0.15, 0.2) is 0 Å². The van der Waals surface area contributed by atoms with Crippen LogP contribution in [0.3, 0.4) is 0 Å². The minimum absolute atomic E-state index is 0.165. The van der Waals surface area contributed by atoms with Crippen LogP contribution in [0.5, 0.6) is 0 Å². The summed E-state index contributed by atoms with van der Waals surface area (Å²) in [5.74, 6) is 1.42. The zero-order chi connectivity index (χ0) is 11.7. The summed E-state index contributed by atoms with van der Waals surface area (Å²) in [6.45, 7) is 6.05. The Labute approximate surface area is 96.0 Å². The number of carbonyl (C=O) groups is 1. The molecule has 1 unspecified atom stereocenters. The van der Waals surface area contributed by atoms with E-state index in [-0.39, 0.29) is 5.97 Å². The van der Waals surface area contributed by atoms with Crippen LogP contribution in [0.2, 0.25) is 0 Å². The van der Waals surface area contributed by atoms with Crippen molar-refractivity contribution in [2.24, 2.45) is 5.92 Å². The maximum Gasteiger partial charge on any atom is 0.315 e. The minimum atomic E-state index is -0.738. The average molecular weight is 236 g/mol. The number of ether oxygens (including phenoxy) is 1. The quantitative estimate of drug-likeness (QED) is 0.478. The van der Waals surface area contributed by atoms with E-state index in [1.807, 2.05) is 13.8 Å². The number of halogens is 1. The Balaban J connectivity index is 3.24. The van der Waals surface area contributed by atoms with Crippen LogP contribution in [0.4, 0.5) is 4.39 Å². The third-order valence-corrected chi connectivity index (χ3v) is 2.71. The van der Waals surface area contributed by atoms with Gasteiger partial charge in [0, 0.05) is 0 Å². The molecule has 0 fully saturated rings. The standard InChI is InChI=1S/C11H21FO2S/c1-9(2)7-14-11(13)8-15-6-4-5-10(3)12/h9-10H,4-8H2,1-3H3. The molecule has 0 heterocycles. The summed E-state index contributed by atoms with van der Waals surface area (Å²) in [4.78, 5) is 11.1. The lowest BCUT2D eigenvalue weighted by molar-refractivity contribution is -0.141. The van der Waals surface area contributed by atoms with Gasteiger partial charge in [0.1, 0.15) is 0 Å². The summed E-state index contributed by atoms with van der Waals surface area (Å²) in [5.41, 5.74) is 0. The Morgan fingerprint density at radius 1 is 1.40 bits per heavy atom. The van der Waals surface area contributed by atoms with Crippen molar-refractivity contribution >= 4 is 17.7 Å². The molecular formula is C11H21FO2S. The first-order chi connectivity index (χ1) is 7.02. The fourth-order valence-corrected chi connectivity index (χ4v) is 1.69. The molecule has 0 aromatic rings. The molecule has 0 saturated heterocycles. The van der Waals surface area contributed by atoms with Gasteiger partial charge in [0.2, 0.25) is 0 Å². The summed E-state index contributed by atoms with van der Waals surface area (Å²) in [6.07, 6.45) is 0.659. The number of thioether (sulfide) groups is 1. The van der Waals surface area contributed by atoms with Crippen LogP contribution < -0.4 is 0 Å². The first kappa shape index (κ1) is 14.8. The molecule has 2 nitrogen and oxygen atoms in total. The van der Waals surface area contributed by atoms with Crippen molar-refractivity contribution < 1.29 is 13.9 Å². The first-order valence-electron chi connectivity index (χ1n) is 5.39. The van der Waals surface area contributed by atoms with Crippen LogP contribution in [-0.4, -0.2) is 30.3 Å². The smallest absolute Gasteiger partial charge is 0.315 e. The lowest BCUT2D eigenvalue weighted by Crippen LogP contribution is -2.12. The van der Waals surface area contributed by atoms with Crippen LogP contribution in [0.1, 0.15) is 33.6 Å². The van der Waals surface area contributed by atoms with E-state index in [0.717, 1.165) is 12.2 Å². The van der Waals surface area contributed by atoms with Gasteiger partial charge in [-0.15, -0.1) is 0 Å². The molecule has 15 heavy (non-hydrogen) atoms. The molecule has 0 N–H and O–H groups in total. The van der Waals surface area contributed by atoms with Crippen molar-refractivity contribution in [1.29, 1.82) is 0 Å². The number of esters is 1. The monoisotopic (exact) mass is 236 g/mol. The number of rotatable bonds is 8. The van der Waals surface area contributed by atoms with E-state index in [4.69, 9.17) is 4.74 Å². The predicted molar refractivity (Wildman–Crippen MR) is 62.9 cm³/mol. The maximum atomic E-state index is 12.4. The Morgan fingerprint density at radius 2 is 2.07 bits per heavy atom. The van der Waals surface area contributed by atoms with Crippen molar-refractivity contribution in [3.63, 3.8) is 0 Å². The second-order valence-electron chi connectivity index (χ2n) is 4.05. The fraction of sp³-hybridized carbons (Fsp3) is 0.909. The Morgan fingerprint density at radius 3 is 2.60 bits per heavy atom. The lowest BCUT2D eigenvalue weighted by Gasteiger charge is -2.06. The second-order valence-corrected chi connectivity index (χ2v) is 5.16. The van der Waals surface area contributed by atoms with E-state index in [0.29, 0.717) is 24.7 Å².